The summed E-state index contributed by atoms with van der Waals surface area (Å²) in [5.74, 6) is 0.804. The Morgan fingerprint density at radius 1 is 0.971 bits per heavy atom. The van der Waals surface area contributed by atoms with Crippen LogP contribution in [-0.2, 0) is 0 Å². The Morgan fingerprint density at radius 2 is 1.86 bits per heavy atom. The molecule has 3 aromatic heterocycles. The Labute approximate surface area is 208 Å². The van der Waals surface area contributed by atoms with E-state index in [1.165, 1.54) is 4.68 Å². The molecule has 170 valence electrons. The second-order valence-electron chi connectivity index (χ2n) is 8.25. The van der Waals surface area contributed by atoms with Crippen molar-refractivity contribution >= 4 is 44.0 Å². The van der Waals surface area contributed by atoms with Crippen molar-refractivity contribution in [1.82, 2.24) is 14.2 Å². The molecular weight excluding hydrogens is 504 g/mol. The number of hydrogen-bond acceptors (Lipinski definition) is 4. The lowest BCUT2D eigenvalue weighted by Gasteiger charge is -2.09. The highest BCUT2D eigenvalue weighted by molar-refractivity contribution is 9.10. The van der Waals surface area contributed by atoms with Crippen molar-refractivity contribution in [1.29, 1.82) is 0 Å². The monoisotopic (exact) mass is 522 g/mol. The molecule has 0 fully saturated rings. The summed E-state index contributed by atoms with van der Waals surface area (Å²) in [5, 5.41) is 5.99. The van der Waals surface area contributed by atoms with Gasteiger partial charge in [-0.05, 0) is 73.2 Å². The molecule has 0 bridgehead atoms. The molecule has 0 spiro atoms. The third kappa shape index (κ3) is 3.90. The van der Waals surface area contributed by atoms with Gasteiger partial charge in [-0.3, -0.25) is 4.79 Å². The van der Waals surface area contributed by atoms with Gasteiger partial charge in [-0.1, -0.05) is 40.2 Å². The normalized spacial score (nSPS) is 11.7. The van der Waals surface area contributed by atoms with Gasteiger partial charge in [0.25, 0.3) is 5.56 Å². The summed E-state index contributed by atoms with van der Waals surface area (Å²) < 4.78 is 10.3. The van der Waals surface area contributed by atoms with Crippen molar-refractivity contribution in [3.05, 3.63) is 117 Å². The summed E-state index contributed by atoms with van der Waals surface area (Å²) in [7, 11) is 0. The SMILES string of the molecule is Cc1cccc(-n2cccc2C=Nn2c(-c3cc4cc(Br)ccc4o3)nc3ccccc3c2=O)c1. The van der Waals surface area contributed by atoms with Gasteiger partial charge in [-0.2, -0.15) is 9.78 Å². The standard InChI is InChI=1S/C28H19BrN4O2/c1-18-6-4-7-21(14-18)32-13-5-8-22(32)17-30-33-27(31-24-10-3-2-9-23(24)28(33)34)26-16-19-15-20(29)11-12-25(19)35-26/h2-17H,1H3. The lowest BCUT2D eigenvalue weighted by molar-refractivity contribution is 0.616. The van der Waals surface area contributed by atoms with Crippen LogP contribution in [-0.4, -0.2) is 20.4 Å². The summed E-state index contributed by atoms with van der Waals surface area (Å²) in [4.78, 5) is 18.3. The maximum atomic E-state index is 13.5. The zero-order valence-electron chi connectivity index (χ0n) is 18.7. The van der Waals surface area contributed by atoms with E-state index in [1.54, 1.807) is 12.3 Å². The average molecular weight is 523 g/mol. The van der Waals surface area contributed by atoms with Crippen molar-refractivity contribution in [3.8, 4) is 17.3 Å². The van der Waals surface area contributed by atoms with Crippen LogP contribution in [0, 0.1) is 6.92 Å². The molecule has 7 heteroatoms. The van der Waals surface area contributed by atoms with Crippen LogP contribution in [0.2, 0.25) is 0 Å². The minimum atomic E-state index is -0.267. The van der Waals surface area contributed by atoms with E-state index >= 15 is 0 Å². The first-order valence-corrected chi connectivity index (χ1v) is 11.9. The van der Waals surface area contributed by atoms with Crippen LogP contribution in [0.4, 0.5) is 0 Å². The second kappa shape index (κ2) is 8.52. The number of aryl methyl sites for hydroxylation is 1. The van der Waals surface area contributed by atoms with Gasteiger partial charge in [-0.25, -0.2) is 4.98 Å². The first kappa shape index (κ1) is 21.3. The molecule has 3 heterocycles. The number of benzene rings is 3. The second-order valence-corrected chi connectivity index (χ2v) is 9.16. The van der Waals surface area contributed by atoms with E-state index in [0.717, 1.165) is 26.8 Å². The van der Waals surface area contributed by atoms with Crippen molar-refractivity contribution in [2.45, 2.75) is 6.92 Å². The van der Waals surface area contributed by atoms with Crippen molar-refractivity contribution in [2.24, 2.45) is 5.10 Å². The molecule has 0 aliphatic carbocycles. The molecular formula is C28H19BrN4O2. The number of furan rings is 1. The van der Waals surface area contributed by atoms with Crippen molar-refractivity contribution in [2.75, 3.05) is 0 Å². The number of rotatable bonds is 4. The van der Waals surface area contributed by atoms with E-state index in [0.29, 0.717) is 28.1 Å². The van der Waals surface area contributed by atoms with E-state index in [-0.39, 0.29) is 5.56 Å². The minimum Gasteiger partial charge on any atom is -0.453 e. The minimum absolute atomic E-state index is 0.267. The molecule has 0 aliphatic heterocycles. The maximum Gasteiger partial charge on any atom is 0.282 e. The summed E-state index contributed by atoms with van der Waals surface area (Å²) in [6, 6.07) is 27.0. The first-order valence-electron chi connectivity index (χ1n) is 11.1. The Hall–Kier alpha value is -4.23. The van der Waals surface area contributed by atoms with Crippen molar-refractivity contribution in [3.63, 3.8) is 0 Å². The highest BCUT2D eigenvalue weighted by atomic mass is 79.9. The van der Waals surface area contributed by atoms with Gasteiger partial charge in [0, 0.05) is 21.7 Å². The third-order valence-corrected chi connectivity index (χ3v) is 6.31. The van der Waals surface area contributed by atoms with Crippen LogP contribution in [0.3, 0.4) is 0 Å². The molecule has 0 N–H and O–H groups in total. The molecule has 0 saturated carbocycles. The predicted octanol–water partition coefficient (Wildman–Crippen LogP) is 6.55. The number of hydrogen-bond donors (Lipinski definition) is 0. The lowest BCUT2D eigenvalue weighted by atomic mass is 10.2. The Bertz CT molecular complexity index is 1810. The largest absolute Gasteiger partial charge is 0.453 e. The van der Waals surface area contributed by atoms with Gasteiger partial charge >= 0.3 is 0 Å². The lowest BCUT2D eigenvalue weighted by Crippen LogP contribution is -2.20. The van der Waals surface area contributed by atoms with E-state index < -0.39 is 0 Å². The maximum absolute atomic E-state index is 13.5. The molecule has 0 atom stereocenters. The van der Waals surface area contributed by atoms with Gasteiger partial charge in [0.2, 0.25) is 5.82 Å². The van der Waals surface area contributed by atoms with Gasteiger partial charge in [0.1, 0.15) is 5.58 Å². The molecule has 0 radical (unpaired) electrons. The number of aromatic nitrogens is 3. The molecule has 35 heavy (non-hydrogen) atoms. The molecule has 0 amide bonds. The molecule has 3 aromatic carbocycles. The molecule has 0 unspecified atom stereocenters. The van der Waals surface area contributed by atoms with E-state index in [4.69, 9.17) is 9.40 Å². The van der Waals surface area contributed by atoms with Gasteiger partial charge < -0.3 is 8.98 Å². The number of fused-ring (bicyclic) bond motifs is 2. The third-order valence-electron chi connectivity index (χ3n) is 5.82. The Morgan fingerprint density at radius 3 is 2.74 bits per heavy atom. The summed E-state index contributed by atoms with van der Waals surface area (Å²) in [5.41, 5.74) is 4.03. The average Bonchev–Trinajstić information content (AvgIpc) is 3.50. The zero-order valence-corrected chi connectivity index (χ0v) is 20.3. The summed E-state index contributed by atoms with van der Waals surface area (Å²) >= 11 is 3.50. The van der Waals surface area contributed by atoms with E-state index in [1.807, 2.05) is 77.5 Å². The topological polar surface area (TPSA) is 65.3 Å². The summed E-state index contributed by atoms with van der Waals surface area (Å²) in [6.07, 6.45) is 3.64. The highest BCUT2D eigenvalue weighted by Gasteiger charge is 2.16. The molecule has 6 rings (SSSR count). The summed E-state index contributed by atoms with van der Waals surface area (Å²) in [6.45, 7) is 2.05. The molecule has 0 aliphatic rings. The Balaban J connectivity index is 1.53. The number of para-hydroxylation sites is 1. The highest BCUT2D eigenvalue weighted by Crippen LogP contribution is 2.29. The first-order chi connectivity index (χ1) is 17.1. The van der Waals surface area contributed by atoms with Crippen LogP contribution in [0.1, 0.15) is 11.3 Å². The quantitative estimate of drug-likeness (QED) is 0.246. The predicted molar refractivity (Wildman–Crippen MR) is 142 cm³/mol. The zero-order chi connectivity index (χ0) is 23.9. The van der Waals surface area contributed by atoms with E-state index in [9.17, 15) is 4.79 Å². The van der Waals surface area contributed by atoms with Crippen LogP contribution in [0.25, 0.3) is 39.1 Å². The molecule has 0 saturated heterocycles. The van der Waals surface area contributed by atoms with Gasteiger partial charge in [0.05, 0.1) is 22.8 Å². The van der Waals surface area contributed by atoms with Crippen LogP contribution in [0.15, 0.2) is 110 Å². The fourth-order valence-corrected chi connectivity index (χ4v) is 4.52. The Kier molecular flexibility index (Phi) is 5.19. The fourth-order valence-electron chi connectivity index (χ4n) is 4.14. The van der Waals surface area contributed by atoms with Crippen molar-refractivity contribution < 1.29 is 4.42 Å². The smallest absolute Gasteiger partial charge is 0.282 e. The van der Waals surface area contributed by atoms with Gasteiger partial charge in [-0.15, -0.1) is 0 Å². The molecule has 6 nitrogen and oxygen atoms in total. The van der Waals surface area contributed by atoms with E-state index in [2.05, 4.69) is 40.1 Å². The number of halogens is 1. The fraction of sp³-hybridized carbons (Fsp3) is 0.0357. The van der Waals surface area contributed by atoms with Crippen LogP contribution < -0.4 is 5.56 Å². The number of nitrogens with zero attached hydrogens (tertiary/aromatic N) is 4. The molecule has 6 aromatic rings. The van der Waals surface area contributed by atoms with Gasteiger partial charge in [0.15, 0.2) is 5.76 Å². The van der Waals surface area contributed by atoms with Crippen LogP contribution >= 0.6 is 15.9 Å². The van der Waals surface area contributed by atoms with Crippen LogP contribution in [0.5, 0.6) is 0 Å².